The SMILES string of the molecule is CCOc1ccccc1CN1CCN(S(=O)(=O)CCOCCOC)CC1. The van der Waals surface area contributed by atoms with Gasteiger partial charge in [0.2, 0.25) is 10.0 Å². The highest BCUT2D eigenvalue weighted by molar-refractivity contribution is 7.89. The second-order valence-corrected chi connectivity index (χ2v) is 8.23. The lowest BCUT2D eigenvalue weighted by molar-refractivity contribution is 0.0779. The van der Waals surface area contributed by atoms with E-state index in [1.54, 1.807) is 11.4 Å². The number of para-hydroxylation sites is 1. The Morgan fingerprint density at radius 3 is 2.46 bits per heavy atom. The van der Waals surface area contributed by atoms with E-state index < -0.39 is 10.0 Å². The van der Waals surface area contributed by atoms with Crippen LogP contribution in [0.4, 0.5) is 0 Å². The smallest absolute Gasteiger partial charge is 0.216 e. The van der Waals surface area contributed by atoms with E-state index in [1.807, 2.05) is 25.1 Å². The van der Waals surface area contributed by atoms with Crippen molar-refractivity contribution in [3.8, 4) is 5.75 Å². The van der Waals surface area contributed by atoms with Crippen molar-refractivity contribution in [2.75, 3.05) is 65.5 Å². The van der Waals surface area contributed by atoms with Crippen LogP contribution in [0.25, 0.3) is 0 Å². The molecule has 0 aromatic heterocycles. The summed E-state index contributed by atoms with van der Waals surface area (Å²) in [5.41, 5.74) is 1.14. The maximum absolute atomic E-state index is 12.4. The Morgan fingerprint density at radius 1 is 1.04 bits per heavy atom. The number of methoxy groups -OCH3 is 1. The molecule has 26 heavy (non-hydrogen) atoms. The predicted octanol–water partition coefficient (Wildman–Crippen LogP) is 1.20. The third kappa shape index (κ3) is 6.51. The van der Waals surface area contributed by atoms with Crippen LogP contribution in [-0.2, 0) is 26.0 Å². The zero-order valence-corrected chi connectivity index (χ0v) is 16.5. The molecule has 1 saturated heterocycles. The van der Waals surface area contributed by atoms with Gasteiger partial charge in [-0.1, -0.05) is 18.2 Å². The maximum Gasteiger partial charge on any atom is 0.216 e. The van der Waals surface area contributed by atoms with E-state index in [9.17, 15) is 8.42 Å². The van der Waals surface area contributed by atoms with Gasteiger partial charge in [-0.3, -0.25) is 4.90 Å². The van der Waals surface area contributed by atoms with E-state index in [4.69, 9.17) is 14.2 Å². The van der Waals surface area contributed by atoms with Crippen molar-refractivity contribution in [1.82, 2.24) is 9.21 Å². The molecule has 0 unspecified atom stereocenters. The van der Waals surface area contributed by atoms with Crippen LogP contribution in [0, 0.1) is 0 Å². The minimum absolute atomic E-state index is 0.0177. The topological polar surface area (TPSA) is 68.3 Å². The summed E-state index contributed by atoms with van der Waals surface area (Å²) < 4.78 is 42.2. The van der Waals surface area contributed by atoms with E-state index in [1.165, 1.54) is 0 Å². The number of hydrogen-bond acceptors (Lipinski definition) is 6. The van der Waals surface area contributed by atoms with Crippen LogP contribution >= 0.6 is 0 Å². The minimum Gasteiger partial charge on any atom is -0.494 e. The number of benzene rings is 1. The van der Waals surface area contributed by atoms with Crippen molar-refractivity contribution in [1.29, 1.82) is 0 Å². The van der Waals surface area contributed by atoms with E-state index in [2.05, 4.69) is 11.0 Å². The first kappa shape index (κ1) is 21.1. The standard InChI is InChI=1S/C18H30N2O5S/c1-3-25-18-7-5-4-6-17(18)16-19-8-10-20(11-9-19)26(21,22)15-14-24-13-12-23-2/h4-7H,3,8-16H2,1-2H3. The lowest BCUT2D eigenvalue weighted by atomic mass is 10.2. The van der Waals surface area contributed by atoms with Crippen LogP contribution in [0.2, 0.25) is 0 Å². The first-order chi connectivity index (χ1) is 12.6. The molecule has 0 radical (unpaired) electrons. The summed E-state index contributed by atoms with van der Waals surface area (Å²) in [6, 6.07) is 8.00. The fourth-order valence-corrected chi connectivity index (χ4v) is 4.18. The molecule has 1 aromatic carbocycles. The van der Waals surface area contributed by atoms with Crippen molar-refractivity contribution in [3.63, 3.8) is 0 Å². The maximum atomic E-state index is 12.4. The van der Waals surface area contributed by atoms with E-state index in [0.717, 1.165) is 17.9 Å². The summed E-state index contributed by atoms with van der Waals surface area (Å²) in [6.07, 6.45) is 0. The van der Waals surface area contributed by atoms with Gasteiger partial charge in [-0.05, 0) is 13.0 Å². The van der Waals surface area contributed by atoms with Gasteiger partial charge in [-0.2, -0.15) is 4.31 Å². The van der Waals surface area contributed by atoms with Gasteiger partial charge in [0, 0.05) is 45.4 Å². The first-order valence-electron chi connectivity index (χ1n) is 9.04. The molecule has 0 atom stereocenters. The summed E-state index contributed by atoms with van der Waals surface area (Å²) in [6.45, 7) is 6.91. The molecule has 1 heterocycles. The van der Waals surface area contributed by atoms with Crippen LogP contribution in [0.15, 0.2) is 24.3 Å². The van der Waals surface area contributed by atoms with E-state index in [-0.39, 0.29) is 12.4 Å². The Labute approximate surface area is 156 Å². The lowest BCUT2D eigenvalue weighted by Gasteiger charge is -2.34. The molecular formula is C18H30N2O5S. The zero-order valence-electron chi connectivity index (χ0n) is 15.7. The van der Waals surface area contributed by atoms with Crippen LogP contribution < -0.4 is 4.74 Å². The van der Waals surface area contributed by atoms with Gasteiger partial charge in [0.25, 0.3) is 0 Å². The molecule has 2 rings (SSSR count). The molecule has 0 amide bonds. The van der Waals surface area contributed by atoms with Crippen molar-refractivity contribution >= 4 is 10.0 Å². The molecule has 0 saturated carbocycles. The molecule has 0 spiro atoms. The first-order valence-corrected chi connectivity index (χ1v) is 10.6. The highest BCUT2D eigenvalue weighted by Crippen LogP contribution is 2.21. The zero-order chi connectivity index (χ0) is 18.8. The van der Waals surface area contributed by atoms with E-state index >= 15 is 0 Å². The molecule has 0 aliphatic carbocycles. The third-order valence-electron chi connectivity index (χ3n) is 4.31. The van der Waals surface area contributed by atoms with Gasteiger partial charge in [-0.15, -0.1) is 0 Å². The van der Waals surface area contributed by atoms with Crippen molar-refractivity contribution < 1.29 is 22.6 Å². The van der Waals surface area contributed by atoms with Gasteiger partial charge >= 0.3 is 0 Å². The predicted molar refractivity (Wildman–Crippen MR) is 101 cm³/mol. The van der Waals surface area contributed by atoms with Crippen LogP contribution in [0.1, 0.15) is 12.5 Å². The number of rotatable bonds is 11. The second-order valence-electron chi connectivity index (χ2n) is 6.14. The molecule has 0 bridgehead atoms. The highest BCUT2D eigenvalue weighted by atomic mass is 32.2. The summed E-state index contributed by atoms with van der Waals surface area (Å²) in [4.78, 5) is 2.26. The van der Waals surface area contributed by atoms with Gasteiger partial charge in [0.1, 0.15) is 5.75 Å². The average Bonchev–Trinajstić information content (AvgIpc) is 2.64. The van der Waals surface area contributed by atoms with Crippen molar-refractivity contribution in [3.05, 3.63) is 29.8 Å². The van der Waals surface area contributed by atoms with Crippen LogP contribution in [0.3, 0.4) is 0 Å². The van der Waals surface area contributed by atoms with Gasteiger partial charge in [0.05, 0.1) is 32.2 Å². The molecule has 1 fully saturated rings. The summed E-state index contributed by atoms with van der Waals surface area (Å²) in [5.74, 6) is 0.919. The van der Waals surface area contributed by atoms with Crippen LogP contribution in [0.5, 0.6) is 5.75 Å². The minimum atomic E-state index is -3.27. The Balaban J connectivity index is 1.79. The fourth-order valence-electron chi connectivity index (χ4n) is 2.88. The number of sulfonamides is 1. The number of piperazine rings is 1. The average molecular weight is 387 g/mol. The Morgan fingerprint density at radius 2 is 1.77 bits per heavy atom. The normalized spacial score (nSPS) is 16.7. The number of hydrogen-bond donors (Lipinski definition) is 0. The number of ether oxygens (including phenoxy) is 3. The molecule has 1 aliphatic heterocycles. The Kier molecular flexibility index (Phi) is 8.80. The van der Waals surface area contributed by atoms with Gasteiger partial charge < -0.3 is 14.2 Å². The largest absolute Gasteiger partial charge is 0.494 e. The molecular weight excluding hydrogens is 356 g/mol. The molecule has 0 N–H and O–H groups in total. The lowest BCUT2D eigenvalue weighted by Crippen LogP contribution is -2.49. The fraction of sp³-hybridized carbons (Fsp3) is 0.667. The van der Waals surface area contributed by atoms with Gasteiger partial charge in [-0.25, -0.2) is 8.42 Å². The summed E-state index contributed by atoms with van der Waals surface area (Å²) in [7, 11) is -1.68. The molecule has 7 nitrogen and oxygen atoms in total. The Hall–Kier alpha value is -1.19. The van der Waals surface area contributed by atoms with Gasteiger partial charge in [0.15, 0.2) is 0 Å². The third-order valence-corrected chi connectivity index (χ3v) is 6.14. The quantitative estimate of drug-likeness (QED) is 0.532. The molecule has 1 aromatic rings. The van der Waals surface area contributed by atoms with E-state index in [0.29, 0.717) is 46.0 Å². The molecule has 8 heteroatoms. The highest BCUT2D eigenvalue weighted by Gasteiger charge is 2.26. The summed E-state index contributed by atoms with van der Waals surface area (Å²) in [5, 5.41) is 0. The monoisotopic (exact) mass is 386 g/mol. The van der Waals surface area contributed by atoms with Crippen molar-refractivity contribution in [2.24, 2.45) is 0 Å². The molecule has 1 aliphatic rings. The summed E-state index contributed by atoms with van der Waals surface area (Å²) >= 11 is 0. The number of nitrogens with zero attached hydrogens (tertiary/aromatic N) is 2. The van der Waals surface area contributed by atoms with Crippen molar-refractivity contribution in [2.45, 2.75) is 13.5 Å². The Bertz CT molecular complexity index is 630. The molecule has 148 valence electrons. The van der Waals surface area contributed by atoms with Crippen LogP contribution in [-0.4, -0.2) is 83.1 Å². The second kappa shape index (κ2) is 10.8.